The molecule has 10 nitrogen and oxygen atoms in total. The third-order valence-electron chi connectivity index (χ3n) is 4.83. The number of para-hydroxylation sites is 2. The molecule has 1 amide bonds. The van der Waals surface area contributed by atoms with E-state index >= 15 is 0 Å². The topological polar surface area (TPSA) is 122 Å². The number of carbonyl (C=O) groups is 1. The molecule has 0 spiro atoms. The van der Waals surface area contributed by atoms with Crippen molar-refractivity contribution in [3.05, 3.63) is 58.6 Å². The Labute approximate surface area is 180 Å². The van der Waals surface area contributed by atoms with Crippen molar-refractivity contribution >= 4 is 27.3 Å². The van der Waals surface area contributed by atoms with Crippen LogP contribution in [0.1, 0.15) is 6.92 Å². The van der Waals surface area contributed by atoms with Crippen molar-refractivity contribution in [1.29, 1.82) is 0 Å². The van der Waals surface area contributed by atoms with Crippen LogP contribution in [0, 0.1) is 10.1 Å². The molecule has 2 aromatic carbocycles. The summed E-state index contributed by atoms with van der Waals surface area (Å²) in [6.45, 7) is 3.57. The maximum atomic E-state index is 12.8. The molecule has 1 fully saturated rings. The lowest BCUT2D eigenvalue weighted by Gasteiger charge is -2.33. The zero-order chi connectivity index (χ0) is 22.4. The molecule has 0 aliphatic carbocycles. The minimum Gasteiger partial charge on any atom is -0.492 e. The van der Waals surface area contributed by atoms with E-state index in [1.807, 2.05) is 17.9 Å². The van der Waals surface area contributed by atoms with E-state index in [0.717, 1.165) is 6.07 Å². The molecule has 0 radical (unpaired) electrons. The quantitative estimate of drug-likeness (QED) is 0.484. The monoisotopic (exact) mass is 448 g/mol. The van der Waals surface area contributed by atoms with Gasteiger partial charge in [-0.3, -0.25) is 19.8 Å². The van der Waals surface area contributed by atoms with Crippen LogP contribution in [0.3, 0.4) is 0 Å². The van der Waals surface area contributed by atoms with Gasteiger partial charge >= 0.3 is 0 Å². The number of rotatable bonds is 8. The number of benzene rings is 2. The Balaban J connectivity index is 1.58. The first kappa shape index (κ1) is 22.7. The van der Waals surface area contributed by atoms with Crippen LogP contribution in [0.5, 0.6) is 5.75 Å². The predicted molar refractivity (Wildman–Crippen MR) is 115 cm³/mol. The van der Waals surface area contributed by atoms with Gasteiger partial charge in [0.25, 0.3) is 5.69 Å². The van der Waals surface area contributed by atoms with Gasteiger partial charge in [-0.25, -0.2) is 8.42 Å². The fraction of sp³-hybridized carbons (Fsp3) is 0.350. The van der Waals surface area contributed by atoms with Crippen molar-refractivity contribution < 1.29 is 22.9 Å². The highest BCUT2D eigenvalue weighted by atomic mass is 32.2. The second kappa shape index (κ2) is 9.86. The van der Waals surface area contributed by atoms with E-state index in [1.54, 1.807) is 18.2 Å². The highest BCUT2D eigenvalue weighted by Crippen LogP contribution is 2.24. The Morgan fingerprint density at radius 2 is 1.84 bits per heavy atom. The average Bonchev–Trinajstić information content (AvgIpc) is 2.76. The number of hydrogen-bond acceptors (Lipinski definition) is 7. The number of nitro benzene ring substituents is 1. The number of nitrogens with one attached hydrogen (secondary N) is 1. The third kappa shape index (κ3) is 5.57. The maximum Gasteiger partial charge on any atom is 0.270 e. The van der Waals surface area contributed by atoms with Gasteiger partial charge in [0, 0.05) is 38.3 Å². The van der Waals surface area contributed by atoms with Crippen molar-refractivity contribution in [2.75, 3.05) is 44.6 Å². The van der Waals surface area contributed by atoms with Crippen molar-refractivity contribution in [3.8, 4) is 5.75 Å². The molecule has 166 valence electrons. The number of hydrogen-bond donors (Lipinski definition) is 1. The molecule has 1 N–H and O–H groups in total. The number of non-ortho nitro benzene ring substituents is 1. The molecule has 3 rings (SSSR count). The summed E-state index contributed by atoms with van der Waals surface area (Å²) in [5, 5.41) is 13.8. The number of anilines is 1. The minimum atomic E-state index is -3.85. The average molecular weight is 449 g/mol. The van der Waals surface area contributed by atoms with Crippen LogP contribution < -0.4 is 10.1 Å². The Kier molecular flexibility index (Phi) is 7.21. The van der Waals surface area contributed by atoms with Gasteiger partial charge in [0.05, 0.1) is 28.7 Å². The summed E-state index contributed by atoms with van der Waals surface area (Å²) < 4.78 is 32.4. The molecule has 1 aliphatic rings. The molecule has 0 atom stereocenters. The predicted octanol–water partition coefficient (Wildman–Crippen LogP) is 1.94. The number of ether oxygens (including phenoxy) is 1. The molecule has 0 aromatic heterocycles. The highest BCUT2D eigenvalue weighted by Gasteiger charge is 2.30. The number of nitrogens with zero attached hydrogens (tertiary/aromatic N) is 3. The first-order valence-electron chi connectivity index (χ1n) is 9.80. The van der Waals surface area contributed by atoms with Crippen LogP contribution in [0.15, 0.2) is 53.4 Å². The minimum absolute atomic E-state index is 0.111. The largest absolute Gasteiger partial charge is 0.492 e. The van der Waals surface area contributed by atoms with Crippen LogP contribution in [0.25, 0.3) is 0 Å². The molecule has 0 bridgehead atoms. The van der Waals surface area contributed by atoms with E-state index in [4.69, 9.17) is 4.74 Å². The number of nitro groups is 1. The fourth-order valence-corrected chi connectivity index (χ4v) is 4.74. The Morgan fingerprint density at radius 3 is 2.52 bits per heavy atom. The number of piperazine rings is 1. The van der Waals surface area contributed by atoms with Crippen molar-refractivity contribution in [2.45, 2.75) is 11.8 Å². The van der Waals surface area contributed by atoms with E-state index in [-0.39, 0.29) is 36.1 Å². The SMILES string of the molecule is CCOc1ccccc1NC(=O)CN1CCN(S(=O)(=O)c2cccc([N+](=O)[O-])c2)CC1. The summed E-state index contributed by atoms with van der Waals surface area (Å²) in [6.07, 6.45) is 0. The van der Waals surface area contributed by atoms with Gasteiger partial charge < -0.3 is 10.1 Å². The molecular formula is C20H24N4O6S. The lowest BCUT2D eigenvalue weighted by atomic mass is 10.3. The smallest absolute Gasteiger partial charge is 0.270 e. The Morgan fingerprint density at radius 1 is 1.13 bits per heavy atom. The Bertz CT molecular complexity index is 1050. The van der Waals surface area contributed by atoms with Crippen LogP contribution >= 0.6 is 0 Å². The van der Waals surface area contributed by atoms with E-state index < -0.39 is 14.9 Å². The van der Waals surface area contributed by atoms with E-state index in [0.29, 0.717) is 31.1 Å². The number of amides is 1. The van der Waals surface area contributed by atoms with E-state index in [2.05, 4.69) is 5.32 Å². The van der Waals surface area contributed by atoms with Gasteiger partial charge in [-0.15, -0.1) is 0 Å². The van der Waals surface area contributed by atoms with Crippen LogP contribution in [-0.2, 0) is 14.8 Å². The molecule has 2 aromatic rings. The summed E-state index contributed by atoms with van der Waals surface area (Å²) in [5.74, 6) is 0.369. The zero-order valence-corrected chi connectivity index (χ0v) is 17.9. The third-order valence-corrected chi connectivity index (χ3v) is 6.72. The van der Waals surface area contributed by atoms with Gasteiger partial charge in [0.15, 0.2) is 0 Å². The van der Waals surface area contributed by atoms with Crippen molar-refractivity contribution in [3.63, 3.8) is 0 Å². The summed E-state index contributed by atoms with van der Waals surface area (Å²) in [5.41, 5.74) is 0.310. The molecule has 0 saturated carbocycles. The summed E-state index contributed by atoms with van der Waals surface area (Å²) >= 11 is 0. The standard InChI is InChI=1S/C20H24N4O6S/c1-2-30-19-9-4-3-8-18(19)21-20(25)15-22-10-12-23(13-11-22)31(28,29)17-7-5-6-16(14-17)24(26)27/h3-9,14H,2,10-13,15H2,1H3,(H,21,25). The van der Waals surface area contributed by atoms with Crippen molar-refractivity contribution in [1.82, 2.24) is 9.21 Å². The van der Waals surface area contributed by atoms with Gasteiger partial charge in [-0.2, -0.15) is 4.31 Å². The highest BCUT2D eigenvalue weighted by molar-refractivity contribution is 7.89. The second-order valence-corrected chi connectivity index (χ2v) is 8.85. The molecule has 1 aliphatic heterocycles. The first-order valence-corrected chi connectivity index (χ1v) is 11.2. The number of carbonyl (C=O) groups excluding carboxylic acids is 1. The maximum absolute atomic E-state index is 12.8. The van der Waals surface area contributed by atoms with E-state index in [1.165, 1.54) is 22.5 Å². The fourth-order valence-electron chi connectivity index (χ4n) is 3.28. The summed E-state index contributed by atoms with van der Waals surface area (Å²) in [6, 6.07) is 12.2. The van der Waals surface area contributed by atoms with Gasteiger partial charge in [-0.1, -0.05) is 18.2 Å². The lowest BCUT2D eigenvalue weighted by Crippen LogP contribution is -2.50. The first-order chi connectivity index (χ1) is 14.8. The zero-order valence-electron chi connectivity index (χ0n) is 17.1. The number of sulfonamides is 1. The van der Waals surface area contributed by atoms with Gasteiger partial charge in [-0.05, 0) is 25.1 Å². The molecule has 1 heterocycles. The van der Waals surface area contributed by atoms with E-state index in [9.17, 15) is 23.3 Å². The summed E-state index contributed by atoms with van der Waals surface area (Å²) in [4.78, 5) is 24.5. The van der Waals surface area contributed by atoms with Gasteiger partial charge in [0.2, 0.25) is 15.9 Å². The molecule has 1 saturated heterocycles. The normalized spacial score (nSPS) is 15.4. The summed E-state index contributed by atoms with van der Waals surface area (Å²) in [7, 11) is -3.85. The van der Waals surface area contributed by atoms with Gasteiger partial charge in [0.1, 0.15) is 5.75 Å². The Hall–Kier alpha value is -3.02. The van der Waals surface area contributed by atoms with Crippen LogP contribution in [-0.4, -0.2) is 67.8 Å². The molecule has 11 heteroatoms. The van der Waals surface area contributed by atoms with Crippen molar-refractivity contribution in [2.24, 2.45) is 0 Å². The molecule has 31 heavy (non-hydrogen) atoms. The molecule has 0 unspecified atom stereocenters. The van der Waals surface area contributed by atoms with Crippen LogP contribution in [0.4, 0.5) is 11.4 Å². The molecular weight excluding hydrogens is 424 g/mol. The lowest BCUT2D eigenvalue weighted by molar-refractivity contribution is -0.385. The second-order valence-electron chi connectivity index (χ2n) is 6.91. The van der Waals surface area contributed by atoms with Crippen LogP contribution in [0.2, 0.25) is 0 Å².